The Kier molecular flexibility index (Phi) is 3.65. The first-order valence-corrected chi connectivity index (χ1v) is 8.84. The van der Waals surface area contributed by atoms with Gasteiger partial charge >= 0.3 is 0 Å². The zero-order valence-electron chi connectivity index (χ0n) is 14.1. The van der Waals surface area contributed by atoms with Gasteiger partial charge < -0.3 is 14.5 Å². The summed E-state index contributed by atoms with van der Waals surface area (Å²) in [6.45, 7) is 1.04. The van der Waals surface area contributed by atoms with Crippen LogP contribution in [0.25, 0.3) is 28.0 Å². The number of fused-ring (bicyclic) bond motifs is 2. The summed E-state index contributed by atoms with van der Waals surface area (Å²) in [5, 5.41) is 4.84. The van der Waals surface area contributed by atoms with Gasteiger partial charge in [0.05, 0.1) is 11.9 Å². The minimum absolute atomic E-state index is 0.220. The molecule has 6 nitrogen and oxygen atoms in total. The number of nitrogens with zero attached hydrogens (tertiary/aromatic N) is 2. The fourth-order valence-electron chi connectivity index (χ4n) is 3.22. The Bertz CT molecular complexity index is 1230. The second kappa shape index (κ2) is 6.17. The normalized spacial score (nSPS) is 13.1. The molecule has 7 heteroatoms. The van der Waals surface area contributed by atoms with E-state index in [1.807, 2.05) is 36.4 Å². The van der Waals surface area contributed by atoms with Crippen molar-refractivity contribution < 1.29 is 9.47 Å². The van der Waals surface area contributed by atoms with Crippen LogP contribution in [0.15, 0.2) is 59.5 Å². The first-order chi connectivity index (χ1) is 13.2. The predicted molar refractivity (Wildman–Crippen MR) is 103 cm³/mol. The molecule has 0 saturated carbocycles. The van der Waals surface area contributed by atoms with Gasteiger partial charge in [-0.2, -0.15) is 9.61 Å². The van der Waals surface area contributed by atoms with Gasteiger partial charge in [0.1, 0.15) is 18.9 Å². The van der Waals surface area contributed by atoms with Crippen molar-refractivity contribution in [3.8, 4) is 33.9 Å². The second-order valence-corrected chi connectivity index (χ2v) is 6.65. The summed E-state index contributed by atoms with van der Waals surface area (Å²) in [6, 6.07) is 14.6. The lowest BCUT2D eigenvalue weighted by Gasteiger charge is -2.18. The van der Waals surface area contributed by atoms with Crippen molar-refractivity contribution in [2.24, 2.45) is 0 Å². The fourth-order valence-corrected chi connectivity index (χ4v) is 3.41. The first kappa shape index (κ1) is 16.0. The van der Waals surface area contributed by atoms with E-state index in [-0.39, 0.29) is 5.56 Å². The first-order valence-electron chi connectivity index (χ1n) is 8.46. The molecule has 0 saturated heterocycles. The van der Waals surface area contributed by atoms with Crippen LogP contribution >= 0.6 is 11.6 Å². The smallest absolute Gasteiger partial charge is 0.274 e. The number of aromatic amines is 1. The van der Waals surface area contributed by atoms with Gasteiger partial charge in [-0.15, -0.1) is 0 Å². The van der Waals surface area contributed by atoms with E-state index >= 15 is 0 Å². The van der Waals surface area contributed by atoms with Crippen LogP contribution in [0.2, 0.25) is 5.02 Å². The zero-order chi connectivity index (χ0) is 18.4. The summed E-state index contributed by atoms with van der Waals surface area (Å²) < 4.78 is 12.6. The number of hydrogen-bond donors (Lipinski definition) is 1. The molecule has 2 aromatic carbocycles. The molecule has 0 radical (unpaired) electrons. The number of benzene rings is 2. The molecule has 134 valence electrons. The van der Waals surface area contributed by atoms with Crippen molar-refractivity contribution >= 4 is 17.2 Å². The average Bonchev–Trinajstić information content (AvgIpc) is 3.12. The summed E-state index contributed by atoms with van der Waals surface area (Å²) in [5.41, 5.74) is 3.57. The molecular weight excluding hydrogens is 366 g/mol. The molecule has 2 aromatic heterocycles. The predicted octanol–water partition coefficient (Wildman–Crippen LogP) is 3.78. The third-order valence-electron chi connectivity index (χ3n) is 4.49. The molecule has 0 aliphatic carbocycles. The van der Waals surface area contributed by atoms with Crippen LogP contribution in [0, 0.1) is 0 Å². The molecule has 1 aliphatic rings. The lowest BCUT2D eigenvalue weighted by molar-refractivity contribution is 0.171. The number of aromatic nitrogens is 3. The molecule has 1 aliphatic heterocycles. The van der Waals surface area contributed by atoms with Crippen LogP contribution < -0.4 is 15.0 Å². The number of ether oxygens (including phenoxy) is 2. The fraction of sp³-hybridized carbons (Fsp3) is 0.100. The molecule has 0 spiro atoms. The number of hydrogen-bond acceptors (Lipinski definition) is 4. The molecule has 0 unspecified atom stereocenters. The van der Waals surface area contributed by atoms with Crippen LogP contribution in [0.3, 0.4) is 0 Å². The summed E-state index contributed by atoms with van der Waals surface area (Å²) in [5.74, 6) is 1.38. The van der Waals surface area contributed by atoms with E-state index in [0.29, 0.717) is 41.1 Å². The van der Waals surface area contributed by atoms with Crippen molar-refractivity contribution in [3.05, 3.63) is 70.1 Å². The summed E-state index contributed by atoms with van der Waals surface area (Å²) >= 11 is 6.11. The lowest BCUT2D eigenvalue weighted by atomic mass is 10.1. The van der Waals surface area contributed by atoms with Crippen LogP contribution in [-0.2, 0) is 0 Å². The lowest BCUT2D eigenvalue weighted by Crippen LogP contribution is -2.16. The van der Waals surface area contributed by atoms with Crippen LogP contribution in [-0.4, -0.2) is 27.8 Å². The molecule has 0 bridgehead atoms. The van der Waals surface area contributed by atoms with Gasteiger partial charge in [-0.25, -0.2) is 0 Å². The number of H-pyrrole nitrogens is 1. The Morgan fingerprint density at radius 3 is 2.70 bits per heavy atom. The SMILES string of the molecule is O=c1cc(-c2ccc3c(c2)OCCO3)[nH]c2c(-c3cccc(Cl)c3)cnn12. The highest BCUT2D eigenvalue weighted by Crippen LogP contribution is 2.34. The number of halogens is 1. The van der Waals surface area contributed by atoms with Crippen molar-refractivity contribution in [1.29, 1.82) is 0 Å². The third kappa shape index (κ3) is 2.74. The van der Waals surface area contributed by atoms with Crippen LogP contribution in [0.4, 0.5) is 0 Å². The Hall–Kier alpha value is -3.25. The van der Waals surface area contributed by atoms with Gasteiger partial charge in [0, 0.05) is 22.2 Å². The molecule has 27 heavy (non-hydrogen) atoms. The second-order valence-electron chi connectivity index (χ2n) is 6.21. The Morgan fingerprint density at radius 1 is 1.00 bits per heavy atom. The number of nitrogens with one attached hydrogen (secondary N) is 1. The molecule has 1 N–H and O–H groups in total. The molecule has 0 atom stereocenters. The number of rotatable bonds is 2. The minimum atomic E-state index is -0.220. The minimum Gasteiger partial charge on any atom is -0.486 e. The maximum Gasteiger partial charge on any atom is 0.274 e. The highest BCUT2D eigenvalue weighted by atomic mass is 35.5. The maximum atomic E-state index is 12.6. The molecule has 4 aromatic rings. The summed E-state index contributed by atoms with van der Waals surface area (Å²) in [7, 11) is 0. The summed E-state index contributed by atoms with van der Waals surface area (Å²) in [4.78, 5) is 15.9. The summed E-state index contributed by atoms with van der Waals surface area (Å²) in [6.07, 6.45) is 1.66. The highest BCUT2D eigenvalue weighted by molar-refractivity contribution is 6.30. The van der Waals surface area contributed by atoms with Crippen molar-refractivity contribution in [3.63, 3.8) is 0 Å². The van der Waals surface area contributed by atoms with E-state index in [2.05, 4.69) is 10.1 Å². The topological polar surface area (TPSA) is 68.6 Å². The van der Waals surface area contributed by atoms with Crippen molar-refractivity contribution in [1.82, 2.24) is 14.6 Å². The van der Waals surface area contributed by atoms with Gasteiger partial charge in [-0.1, -0.05) is 23.7 Å². The molecular formula is C20H14ClN3O3. The van der Waals surface area contributed by atoms with E-state index in [1.54, 1.807) is 12.3 Å². The molecule has 0 amide bonds. The largest absolute Gasteiger partial charge is 0.486 e. The molecule has 3 heterocycles. The van der Waals surface area contributed by atoms with Crippen molar-refractivity contribution in [2.75, 3.05) is 13.2 Å². The Labute approximate surface area is 158 Å². The standard InChI is InChI=1S/C20H14ClN3O3/c21-14-3-1-2-12(8-14)15-11-22-24-19(25)10-16(23-20(15)24)13-4-5-17-18(9-13)27-7-6-26-17/h1-5,8-11,23H,6-7H2. The van der Waals surface area contributed by atoms with E-state index in [0.717, 1.165) is 16.7 Å². The van der Waals surface area contributed by atoms with E-state index in [1.165, 1.54) is 10.6 Å². The third-order valence-corrected chi connectivity index (χ3v) is 4.72. The van der Waals surface area contributed by atoms with Gasteiger partial charge in [0.25, 0.3) is 5.56 Å². The Morgan fingerprint density at radius 2 is 1.85 bits per heavy atom. The quantitative estimate of drug-likeness (QED) is 0.575. The highest BCUT2D eigenvalue weighted by Gasteiger charge is 2.15. The van der Waals surface area contributed by atoms with Gasteiger partial charge in [0.2, 0.25) is 0 Å². The average molecular weight is 380 g/mol. The monoisotopic (exact) mass is 379 g/mol. The van der Waals surface area contributed by atoms with E-state index < -0.39 is 0 Å². The molecule has 0 fully saturated rings. The van der Waals surface area contributed by atoms with Gasteiger partial charge in [0.15, 0.2) is 11.5 Å². The van der Waals surface area contributed by atoms with E-state index in [9.17, 15) is 4.79 Å². The Balaban J connectivity index is 1.68. The van der Waals surface area contributed by atoms with Crippen molar-refractivity contribution in [2.45, 2.75) is 0 Å². The van der Waals surface area contributed by atoms with Crippen LogP contribution in [0.1, 0.15) is 0 Å². The van der Waals surface area contributed by atoms with Gasteiger partial charge in [-0.05, 0) is 35.9 Å². The zero-order valence-corrected chi connectivity index (χ0v) is 14.9. The molecule has 5 rings (SSSR count). The maximum absolute atomic E-state index is 12.6. The van der Waals surface area contributed by atoms with Gasteiger partial charge in [-0.3, -0.25) is 4.79 Å². The van der Waals surface area contributed by atoms with Crippen LogP contribution in [0.5, 0.6) is 11.5 Å². The van der Waals surface area contributed by atoms with E-state index in [4.69, 9.17) is 21.1 Å².